The van der Waals surface area contributed by atoms with Crippen molar-refractivity contribution in [3.8, 4) is 5.75 Å². The number of benzene rings is 1. The standard InChI is InChI=1S/C16H23NO3/c1-12(13-5-7-15(20-2)8-6-13)10-17-9-3-4-14(11-17)16(18)19/h5-8,12,14H,3-4,9-11H2,1-2H3,(H,18,19). The number of methoxy groups -OCH3 is 1. The Bertz CT molecular complexity index is 444. The molecule has 1 heterocycles. The van der Waals surface area contributed by atoms with E-state index in [0.717, 1.165) is 31.7 Å². The van der Waals surface area contributed by atoms with Crippen LogP contribution in [0.4, 0.5) is 0 Å². The Morgan fingerprint density at radius 3 is 2.75 bits per heavy atom. The van der Waals surface area contributed by atoms with E-state index in [1.54, 1.807) is 7.11 Å². The van der Waals surface area contributed by atoms with Crippen molar-refractivity contribution in [1.82, 2.24) is 4.90 Å². The Hall–Kier alpha value is -1.55. The van der Waals surface area contributed by atoms with Crippen molar-refractivity contribution in [2.75, 3.05) is 26.7 Å². The van der Waals surface area contributed by atoms with Gasteiger partial charge in [0.1, 0.15) is 5.75 Å². The molecule has 0 bridgehead atoms. The summed E-state index contributed by atoms with van der Waals surface area (Å²) >= 11 is 0. The van der Waals surface area contributed by atoms with Crippen molar-refractivity contribution in [1.29, 1.82) is 0 Å². The minimum absolute atomic E-state index is 0.202. The first-order valence-corrected chi connectivity index (χ1v) is 7.19. The van der Waals surface area contributed by atoms with Crippen LogP contribution in [0.25, 0.3) is 0 Å². The molecular formula is C16H23NO3. The van der Waals surface area contributed by atoms with E-state index in [0.29, 0.717) is 12.5 Å². The van der Waals surface area contributed by atoms with E-state index in [9.17, 15) is 4.79 Å². The third kappa shape index (κ3) is 3.73. The molecule has 0 aliphatic carbocycles. The molecule has 2 unspecified atom stereocenters. The summed E-state index contributed by atoms with van der Waals surface area (Å²) < 4.78 is 5.16. The SMILES string of the molecule is COc1ccc(C(C)CN2CCCC(C(=O)O)C2)cc1. The van der Waals surface area contributed by atoms with Gasteiger partial charge in [-0.05, 0) is 43.0 Å². The summed E-state index contributed by atoms with van der Waals surface area (Å²) in [5, 5.41) is 9.12. The number of rotatable bonds is 5. The Labute approximate surface area is 120 Å². The van der Waals surface area contributed by atoms with Crippen molar-refractivity contribution in [2.24, 2.45) is 5.92 Å². The molecule has 4 nitrogen and oxygen atoms in total. The normalized spacial score (nSPS) is 21.4. The molecule has 1 saturated heterocycles. The van der Waals surface area contributed by atoms with Gasteiger partial charge in [-0.25, -0.2) is 0 Å². The Morgan fingerprint density at radius 1 is 1.45 bits per heavy atom. The average Bonchev–Trinajstić information content (AvgIpc) is 2.47. The van der Waals surface area contributed by atoms with Crippen LogP contribution in [0, 0.1) is 5.92 Å². The zero-order valence-corrected chi connectivity index (χ0v) is 12.2. The summed E-state index contributed by atoms with van der Waals surface area (Å²) in [6.07, 6.45) is 1.79. The molecule has 4 heteroatoms. The molecule has 1 aromatic rings. The van der Waals surface area contributed by atoms with Crippen LogP contribution in [0.1, 0.15) is 31.2 Å². The monoisotopic (exact) mass is 277 g/mol. The first-order valence-electron chi connectivity index (χ1n) is 7.19. The molecule has 0 amide bonds. The lowest BCUT2D eigenvalue weighted by molar-refractivity contribution is -0.143. The van der Waals surface area contributed by atoms with Gasteiger partial charge in [-0.15, -0.1) is 0 Å². The van der Waals surface area contributed by atoms with Crippen molar-refractivity contribution in [3.05, 3.63) is 29.8 Å². The highest BCUT2D eigenvalue weighted by molar-refractivity contribution is 5.70. The predicted molar refractivity (Wildman–Crippen MR) is 78.2 cm³/mol. The van der Waals surface area contributed by atoms with Crippen LogP contribution >= 0.6 is 0 Å². The van der Waals surface area contributed by atoms with Gasteiger partial charge < -0.3 is 14.7 Å². The molecule has 1 N–H and O–H groups in total. The van der Waals surface area contributed by atoms with E-state index < -0.39 is 5.97 Å². The number of likely N-dealkylation sites (tertiary alicyclic amines) is 1. The number of piperidine rings is 1. The number of ether oxygens (including phenoxy) is 1. The second-order valence-electron chi connectivity index (χ2n) is 5.61. The van der Waals surface area contributed by atoms with Gasteiger partial charge in [-0.2, -0.15) is 0 Å². The number of hydrogen-bond donors (Lipinski definition) is 1. The highest BCUT2D eigenvalue weighted by atomic mass is 16.5. The third-order valence-corrected chi connectivity index (χ3v) is 4.07. The van der Waals surface area contributed by atoms with Crippen LogP contribution in [0.2, 0.25) is 0 Å². The lowest BCUT2D eigenvalue weighted by atomic mass is 9.95. The summed E-state index contributed by atoms with van der Waals surface area (Å²) in [6, 6.07) is 8.12. The molecule has 0 spiro atoms. The zero-order valence-electron chi connectivity index (χ0n) is 12.2. The lowest BCUT2D eigenvalue weighted by Crippen LogP contribution is -2.40. The van der Waals surface area contributed by atoms with Crippen molar-refractivity contribution < 1.29 is 14.6 Å². The Balaban J connectivity index is 1.92. The topological polar surface area (TPSA) is 49.8 Å². The molecule has 1 aliphatic rings. The van der Waals surface area contributed by atoms with Crippen molar-refractivity contribution >= 4 is 5.97 Å². The van der Waals surface area contributed by atoms with Crippen LogP contribution in [-0.4, -0.2) is 42.7 Å². The van der Waals surface area contributed by atoms with Gasteiger partial charge in [-0.3, -0.25) is 4.79 Å². The van der Waals surface area contributed by atoms with Crippen molar-refractivity contribution in [2.45, 2.75) is 25.7 Å². The van der Waals surface area contributed by atoms with E-state index in [1.807, 2.05) is 12.1 Å². The molecule has 2 rings (SSSR count). The van der Waals surface area contributed by atoms with Crippen LogP contribution in [0.3, 0.4) is 0 Å². The minimum atomic E-state index is -0.660. The highest BCUT2D eigenvalue weighted by Crippen LogP contribution is 2.23. The molecule has 110 valence electrons. The molecule has 1 aromatic carbocycles. The van der Waals surface area contributed by atoms with Gasteiger partial charge in [0.25, 0.3) is 0 Å². The fraction of sp³-hybridized carbons (Fsp3) is 0.562. The number of carbonyl (C=O) groups is 1. The van der Waals surface area contributed by atoms with Crippen LogP contribution < -0.4 is 4.74 Å². The van der Waals surface area contributed by atoms with Gasteiger partial charge in [0, 0.05) is 13.1 Å². The number of hydrogen-bond acceptors (Lipinski definition) is 3. The Morgan fingerprint density at radius 2 is 2.15 bits per heavy atom. The fourth-order valence-electron chi connectivity index (χ4n) is 2.85. The molecule has 0 aromatic heterocycles. The summed E-state index contributed by atoms with van der Waals surface area (Å²) in [6.45, 7) is 4.78. The van der Waals surface area contributed by atoms with E-state index in [4.69, 9.17) is 9.84 Å². The molecular weight excluding hydrogens is 254 g/mol. The summed E-state index contributed by atoms with van der Waals surface area (Å²) in [5.41, 5.74) is 1.27. The summed E-state index contributed by atoms with van der Waals surface area (Å²) in [7, 11) is 1.66. The average molecular weight is 277 g/mol. The van der Waals surface area contributed by atoms with Gasteiger partial charge in [-0.1, -0.05) is 19.1 Å². The number of nitrogens with zero attached hydrogens (tertiary/aromatic N) is 1. The van der Waals surface area contributed by atoms with E-state index >= 15 is 0 Å². The van der Waals surface area contributed by atoms with E-state index in [1.165, 1.54) is 5.56 Å². The number of carboxylic acid groups (broad SMARTS) is 1. The maximum absolute atomic E-state index is 11.1. The van der Waals surface area contributed by atoms with Gasteiger partial charge in [0.2, 0.25) is 0 Å². The number of aliphatic carboxylic acids is 1. The van der Waals surface area contributed by atoms with Gasteiger partial charge in [0.05, 0.1) is 13.0 Å². The molecule has 0 saturated carbocycles. The van der Waals surface area contributed by atoms with Crippen LogP contribution in [0.15, 0.2) is 24.3 Å². The Kier molecular flexibility index (Phi) is 5.01. The first kappa shape index (κ1) is 14.9. The second kappa shape index (κ2) is 6.75. The number of carboxylic acids is 1. The molecule has 0 radical (unpaired) electrons. The molecule has 2 atom stereocenters. The lowest BCUT2D eigenvalue weighted by Gasteiger charge is -2.32. The van der Waals surface area contributed by atoms with Crippen molar-refractivity contribution in [3.63, 3.8) is 0 Å². The maximum Gasteiger partial charge on any atom is 0.307 e. The third-order valence-electron chi connectivity index (χ3n) is 4.07. The second-order valence-corrected chi connectivity index (χ2v) is 5.61. The smallest absolute Gasteiger partial charge is 0.307 e. The predicted octanol–water partition coefficient (Wildman–Crippen LogP) is 2.60. The molecule has 1 aliphatic heterocycles. The van der Waals surface area contributed by atoms with Gasteiger partial charge in [0.15, 0.2) is 0 Å². The van der Waals surface area contributed by atoms with Gasteiger partial charge >= 0.3 is 5.97 Å². The van der Waals surface area contributed by atoms with Crippen LogP contribution in [-0.2, 0) is 4.79 Å². The van der Waals surface area contributed by atoms with E-state index in [-0.39, 0.29) is 5.92 Å². The maximum atomic E-state index is 11.1. The van der Waals surface area contributed by atoms with E-state index in [2.05, 4.69) is 24.0 Å². The minimum Gasteiger partial charge on any atom is -0.497 e. The highest BCUT2D eigenvalue weighted by Gasteiger charge is 2.26. The fourth-order valence-corrected chi connectivity index (χ4v) is 2.85. The first-order chi connectivity index (χ1) is 9.60. The summed E-state index contributed by atoms with van der Waals surface area (Å²) in [4.78, 5) is 13.4. The quantitative estimate of drug-likeness (QED) is 0.898. The molecule has 20 heavy (non-hydrogen) atoms. The summed E-state index contributed by atoms with van der Waals surface area (Å²) in [5.74, 6) is 0.400. The zero-order chi connectivity index (χ0) is 14.5. The molecule has 1 fully saturated rings. The largest absolute Gasteiger partial charge is 0.497 e. The van der Waals surface area contributed by atoms with Crippen LogP contribution in [0.5, 0.6) is 5.75 Å².